The molecule has 4 heteroatoms. The molecule has 1 amide bonds. The van der Waals surface area contributed by atoms with Crippen LogP contribution in [0.1, 0.15) is 42.1 Å². The molecule has 0 spiro atoms. The van der Waals surface area contributed by atoms with E-state index in [1.54, 1.807) is 12.1 Å². The van der Waals surface area contributed by atoms with Crippen LogP contribution < -0.4 is 15.8 Å². The molecule has 3 N–H and O–H groups in total. The first-order valence-electron chi connectivity index (χ1n) is 8.01. The first-order valence-corrected chi connectivity index (χ1v) is 8.01. The lowest BCUT2D eigenvalue weighted by Gasteiger charge is -2.13. The molecule has 0 saturated heterocycles. The SMILES string of the molecule is CCCCCOc1ccccc1C(=O)Nc1cc(N)ccc1C. The number of nitrogens with one attached hydrogen (secondary N) is 1. The number of hydrogen-bond donors (Lipinski definition) is 2. The summed E-state index contributed by atoms with van der Waals surface area (Å²) in [6.07, 6.45) is 3.25. The standard InChI is InChI=1S/C19H24N2O2/c1-3-4-7-12-23-18-9-6-5-8-16(18)19(22)21-17-13-15(20)11-10-14(17)2/h5-6,8-11,13H,3-4,7,12,20H2,1-2H3,(H,21,22). The van der Waals surface area contributed by atoms with E-state index in [2.05, 4.69) is 12.2 Å². The topological polar surface area (TPSA) is 64.3 Å². The summed E-state index contributed by atoms with van der Waals surface area (Å²) >= 11 is 0. The second-order valence-electron chi connectivity index (χ2n) is 5.58. The van der Waals surface area contributed by atoms with Crippen LogP contribution in [-0.4, -0.2) is 12.5 Å². The molecular weight excluding hydrogens is 288 g/mol. The maximum atomic E-state index is 12.6. The van der Waals surface area contributed by atoms with Crippen LogP contribution in [0.2, 0.25) is 0 Å². The summed E-state index contributed by atoms with van der Waals surface area (Å²) in [4.78, 5) is 12.6. The Labute approximate surface area is 137 Å². The van der Waals surface area contributed by atoms with Crippen molar-refractivity contribution in [3.63, 3.8) is 0 Å². The number of rotatable bonds is 7. The van der Waals surface area contributed by atoms with Gasteiger partial charge in [-0.1, -0.05) is 38.0 Å². The maximum Gasteiger partial charge on any atom is 0.259 e. The maximum absolute atomic E-state index is 12.6. The fourth-order valence-corrected chi connectivity index (χ4v) is 2.28. The minimum absolute atomic E-state index is 0.190. The first-order chi connectivity index (χ1) is 11.1. The highest BCUT2D eigenvalue weighted by atomic mass is 16.5. The van der Waals surface area contributed by atoms with E-state index in [4.69, 9.17) is 10.5 Å². The zero-order valence-corrected chi connectivity index (χ0v) is 13.8. The normalized spacial score (nSPS) is 10.3. The fraction of sp³-hybridized carbons (Fsp3) is 0.316. The van der Waals surface area contributed by atoms with E-state index in [9.17, 15) is 4.79 Å². The Bertz CT molecular complexity index is 668. The molecule has 0 radical (unpaired) electrons. The van der Waals surface area contributed by atoms with Crippen LogP contribution in [0.15, 0.2) is 42.5 Å². The van der Waals surface area contributed by atoms with Gasteiger partial charge in [0, 0.05) is 11.4 Å². The average molecular weight is 312 g/mol. The summed E-state index contributed by atoms with van der Waals surface area (Å²) < 4.78 is 5.77. The number of aryl methyl sites for hydroxylation is 1. The fourth-order valence-electron chi connectivity index (χ4n) is 2.28. The molecule has 0 saturated carbocycles. The van der Waals surface area contributed by atoms with Crippen molar-refractivity contribution >= 4 is 17.3 Å². The van der Waals surface area contributed by atoms with Crippen molar-refractivity contribution in [1.29, 1.82) is 0 Å². The van der Waals surface area contributed by atoms with E-state index in [0.717, 1.165) is 30.5 Å². The smallest absolute Gasteiger partial charge is 0.259 e. The molecule has 2 rings (SSSR count). The van der Waals surface area contributed by atoms with Gasteiger partial charge in [0.1, 0.15) is 5.75 Å². The molecule has 0 aromatic heterocycles. The van der Waals surface area contributed by atoms with Crippen molar-refractivity contribution < 1.29 is 9.53 Å². The third-order valence-electron chi connectivity index (χ3n) is 3.65. The summed E-state index contributed by atoms with van der Waals surface area (Å²) in [6, 6.07) is 12.8. The van der Waals surface area contributed by atoms with Gasteiger partial charge in [-0.2, -0.15) is 0 Å². The van der Waals surface area contributed by atoms with Gasteiger partial charge in [0.15, 0.2) is 0 Å². The van der Waals surface area contributed by atoms with Gasteiger partial charge in [-0.3, -0.25) is 4.79 Å². The highest BCUT2D eigenvalue weighted by Gasteiger charge is 2.13. The van der Waals surface area contributed by atoms with Gasteiger partial charge in [-0.25, -0.2) is 0 Å². The molecular formula is C19H24N2O2. The predicted octanol–water partition coefficient (Wildman–Crippen LogP) is 4.40. The van der Waals surface area contributed by atoms with Crippen LogP contribution >= 0.6 is 0 Å². The van der Waals surface area contributed by atoms with E-state index in [1.807, 2.05) is 37.3 Å². The van der Waals surface area contributed by atoms with Crippen LogP contribution in [0.25, 0.3) is 0 Å². The molecule has 2 aromatic rings. The van der Waals surface area contributed by atoms with Crippen LogP contribution in [0.5, 0.6) is 5.75 Å². The Hall–Kier alpha value is -2.49. The lowest BCUT2D eigenvalue weighted by Crippen LogP contribution is -2.15. The molecule has 0 aliphatic rings. The van der Waals surface area contributed by atoms with Gasteiger partial charge in [0.2, 0.25) is 0 Å². The number of nitrogen functional groups attached to an aromatic ring is 1. The van der Waals surface area contributed by atoms with Gasteiger partial charge in [-0.15, -0.1) is 0 Å². The number of ether oxygens (including phenoxy) is 1. The summed E-state index contributed by atoms with van der Waals surface area (Å²) in [6.45, 7) is 4.70. The third-order valence-corrected chi connectivity index (χ3v) is 3.65. The molecule has 2 aromatic carbocycles. The van der Waals surface area contributed by atoms with Gasteiger partial charge < -0.3 is 15.8 Å². The zero-order chi connectivity index (χ0) is 16.7. The molecule has 0 bridgehead atoms. The second kappa shape index (κ2) is 8.22. The largest absolute Gasteiger partial charge is 0.493 e. The zero-order valence-electron chi connectivity index (χ0n) is 13.8. The summed E-state index contributed by atoms with van der Waals surface area (Å²) in [7, 11) is 0. The molecule has 0 fully saturated rings. The molecule has 0 heterocycles. The van der Waals surface area contributed by atoms with Gasteiger partial charge >= 0.3 is 0 Å². The number of nitrogens with two attached hydrogens (primary N) is 1. The minimum Gasteiger partial charge on any atom is -0.493 e. The monoisotopic (exact) mass is 312 g/mol. The van der Waals surface area contributed by atoms with Gasteiger partial charge in [-0.05, 0) is 43.2 Å². The average Bonchev–Trinajstić information content (AvgIpc) is 2.55. The van der Waals surface area contributed by atoms with Crippen molar-refractivity contribution in [2.24, 2.45) is 0 Å². The number of hydrogen-bond acceptors (Lipinski definition) is 3. The number of carbonyl (C=O) groups excluding carboxylic acids is 1. The molecule has 4 nitrogen and oxygen atoms in total. The molecule has 0 unspecified atom stereocenters. The molecule has 0 aliphatic heterocycles. The van der Waals surface area contributed by atoms with Crippen molar-refractivity contribution in [2.45, 2.75) is 33.1 Å². The summed E-state index contributed by atoms with van der Waals surface area (Å²) in [5.41, 5.74) is 8.63. The molecule has 23 heavy (non-hydrogen) atoms. The Kier molecular flexibility index (Phi) is 6.03. The predicted molar refractivity (Wildman–Crippen MR) is 95.0 cm³/mol. The highest BCUT2D eigenvalue weighted by Crippen LogP contribution is 2.23. The summed E-state index contributed by atoms with van der Waals surface area (Å²) in [5.74, 6) is 0.424. The van der Waals surface area contributed by atoms with Crippen LogP contribution in [0.3, 0.4) is 0 Å². The number of carbonyl (C=O) groups is 1. The van der Waals surface area contributed by atoms with Crippen molar-refractivity contribution in [3.05, 3.63) is 53.6 Å². The second-order valence-corrected chi connectivity index (χ2v) is 5.58. The number of amides is 1. The summed E-state index contributed by atoms with van der Waals surface area (Å²) in [5, 5.41) is 2.91. The number of unbranched alkanes of at least 4 members (excludes halogenated alkanes) is 2. The van der Waals surface area contributed by atoms with Crippen molar-refractivity contribution in [3.8, 4) is 5.75 Å². The van der Waals surface area contributed by atoms with Crippen molar-refractivity contribution in [2.75, 3.05) is 17.7 Å². The van der Waals surface area contributed by atoms with E-state index >= 15 is 0 Å². The first kappa shape index (κ1) is 16.9. The van der Waals surface area contributed by atoms with Gasteiger partial charge in [0.25, 0.3) is 5.91 Å². The van der Waals surface area contributed by atoms with E-state index in [-0.39, 0.29) is 5.91 Å². The Balaban J connectivity index is 2.11. The number of para-hydroxylation sites is 1. The third kappa shape index (κ3) is 4.74. The lowest BCUT2D eigenvalue weighted by molar-refractivity contribution is 0.102. The molecule has 0 aliphatic carbocycles. The molecule has 0 atom stereocenters. The Morgan fingerprint density at radius 3 is 2.74 bits per heavy atom. The Morgan fingerprint density at radius 1 is 1.17 bits per heavy atom. The van der Waals surface area contributed by atoms with E-state index in [0.29, 0.717) is 23.6 Å². The number of anilines is 2. The quantitative estimate of drug-likeness (QED) is 0.588. The van der Waals surface area contributed by atoms with E-state index in [1.165, 1.54) is 0 Å². The minimum atomic E-state index is -0.190. The van der Waals surface area contributed by atoms with E-state index < -0.39 is 0 Å². The van der Waals surface area contributed by atoms with Crippen LogP contribution in [0, 0.1) is 6.92 Å². The number of benzene rings is 2. The van der Waals surface area contributed by atoms with Crippen LogP contribution in [0.4, 0.5) is 11.4 Å². The van der Waals surface area contributed by atoms with Crippen LogP contribution in [-0.2, 0) is 0 Å². The Morgan fingerprint density at radius 2 is 1.96 bits per heavy atom. The lowest BCUT2D eigenvalue weighted by atomic mass is 10.1. The highest BCUT2D eigenvalue weighted by molar-refractivity contribution is 6.06. The van der Waals surface area contributed by atoms with Crippen molar-refractivity contribution in [1.82, 2.24) is 0 Å². The molecule has 122 valence electrons. The van der Waals surface area contributed by atoms with Gasteiger partial charge in [0.05, 0.1) is 12.2 Å².